The maximum Gasteiger partial charge on any atom is 0.320 e. The highest BCUT2D eigenvalue weighted by atomic mass is 16.5. The Labute approximate surface area is 180 Å². The Balaban J connectivity index is 1.54. The van der Waals surface area contributed by atoms with Gasteiger partial charge in [0.1, 0.15) is 5.69 Å². The lowest BCUT2D eigenvalue weighted by molar-refractivity contribution is -0.115. The van der Waals surface area contributed by atoms with Gasteiger partial charge in [-0.3, -0.25) is 9.69 Å². The lowest BCUT2D eigenvalue weighted by Crippen LogP contribution is -2.39. The zero-order valence-electron chi connectivity index (χ0n) is 19.4. The van der Waals surface area contributed by atoms with Gasteiger partial charge in [-0.25, -0.2) is 0 Å². The second-order valence-corrected chi connectivity index (χ2v) is 7.69. The highest BCUT2D eigenvalue weighted by molar-refractivity contribution is 6.03. The van der Waals surface area contributed by atoms with Crippen LogP contribution in [0.2, 0.25) is 0 Å². The Morgan fingerprint density at radius 3 is 2.77 bits per heavy atom. The van der Waals surface area contributed by atoms with Gasteiger partial charge in [0.15, 0.2) is 11.6 Å². The summed E-state index contributed by atoms with van der Waals surface area (Å²) < 4.78 is 21.2. The number of carbonyl (C=O) groups is 1. The molecule has 8 nitrogen and oxygen atoms in total. The first-order valence-electron chi connectivity index (χ1n) is 11.5. The van der Waals surface area contributed by atoms with Gasteiger partial charge in [0.05, 0.1) is 13.2 Å². The van der Waals surface area contributed by atoms with Crippen LogP contribution in [-0.2, 0) is 17.9 Å². The number of nitrogen functional groups attached to an aromatic ring is 1. The number of likely N-dealkylation sites (tertiary alicyclic amines) is 1. The van der Waals surface area contributed by atoms with Crippen molar-refractivity contribution in [2.24, 2.45) is 0 Å². The van der Waals surface area contributed by atoms with Crippen LogP contribution in [0.3, 0.4) is 0 Å². The number of anilines is 3. The quantitative estimate of drug-likeness (QED) is 0.688. The number of benzene rings is 1. The molecule has 1 amide bonds. The summed E-state index contributed by atoms with van der Waals surface area (Å²) in [7, 11) is 0. The van der Waals surface area contributed by atoms with Crippen LogP contribution < -0.4 is 20.7 Å². The molecular weight excluding hydrogens is 380 g/mol. The molecule has 8 heteroatoms. The molecule has 3 heterocycles. The molecule has 30 heavy (non-hydrogen) atoms. The number of amides is 1. The minimum atomic E-state index is -1.49. The summed E-state index contributed by atoms with van der Waals surface area (Å²) in [5, 5.41) is 2.75. The predicted molar refractivity (Wildman–Crippen MR) is 117 cm³/mol. The highest BCUT2D eigenvalue weighted by Gasteiger charge is 2.27. The van der Waals surface area contributed by atoms with Gasteiger partial charge in [-0.05, 0) is 43.4 Å². The molecule has 0 spiro atoms. The summed E-state index contributed by atoms with van der Waals surface area (Å²) in [6.45, 7) is 5.40. The second kappa shape index (κ2) is 9.30. The van der Waals surface area contributed by atoms with Gasteiger partial charge in [-0.15, -0.1) is 0 Å². The van der Waals surface area contributed by atoms with Crippen LogP contribution >= 0.6 is 0 Å². The average Bonchev–Trinajstić information content (AvgIpc) is 3.26. The van der Waals surface area contributed by atoms with Gasteiger partial charge < -0.3 is 20.7 Å². The van der Waals surface area contributed by atoms with Gasteiger partial charge in [0.25, 0.3) is 0 Å². The number of hydrogen-bond acceptors (Lipinski definition) is 7. The van der Waals surface area contributed by atoms with Crippen molar-refractivity contribution in [2.45, 2.75) is 45.6 Å². The lowest BCUT2D eigenvalue weighted by Gasteiger charge is -2.30. The Morgan fingerprint density at radius 1 is 1.23 bits per heavy atom. The van der Waals surface area contributed by atoms with Gasteiger partial charge in [0.2, 0.25) is 5.91 Å². The van der Waals surface area contributed by atoms with Crippen molar-refractivity contribution >= 4 is 23.2 Å². The molecule has 2 aliphatic rings. The van der Waals surface area contributed by atoms with E-state index >= 15 is 0 Å². The van der Waals surface area contributed by atoms with E-state index in [4.69, 9.17) is 13.2 Å². The lowest BCUT2D eigenvalue weighted by atomic mass is 10.1. The fourth-order valence-corrected chi connectivity index (χ4v) is 3.88. The molecule has 0 aliphatic carbocycles. The number of ether oxygens (including phenoxy) is 1. The van der Waals surface area contributed by atoms with Crippen molar-refractivity contribution in [3.8, 4) is 6.01 Å². The van der Waals surface area contributed by atoms with Crippen molar-refractivity contribution < 1.29 is 12.3 Å². The summed E-state index contributed by atoms with van der Waals surface area (Å²) in [6, 6.07) is 8.38. The highest BCUT2D eigenvalue weighted by Crippen LogP contribution is 2.34. The molecular formula is C22H30N6O2. The Kier molecular flexibility index (Phi) is 5.56. The number of fused-ring (bicyclic) bond motifs is 1. The molecule has 1 fully saturated rings. The minimum Gasteiger partial charge on any atom is -0.463 e. The van der Waals surface area contributed by atoms with E-state index in [2.05, 4.69) is 32.3 Å². The third-order valence-electron chi connectivity index (χ3n) is 5.32. The van der Waals surface area contributed by atoms with Gasteiger partial charge in [-0.1, -0.05) is 37.6 Å². The van der Waals surface area contributed by atoms with Crippen molar-refractivity contribution in [3.05, 3.63) is 35.4 Å². The van der Waals surface area contributed by atoms with Crippen LogP contribution in [-0.4, -0.2) is 47.0 Å². The molecule has 2 aliphatic heterocycles. The number of nitrogens with one attached hydrogen (secondary N) is 1. The number of carbonyl (C=O) groups excluding carboxylic acids is 1. The molecule has 0 unspecified atom stereocenters. The Bertz CT molecular complexity index is 981. The molecule has 2 aromatic rings. The standard InChI is InChI=1S/C22H30N6O2/c1-2-3-11-30-22-25-20(23)19-21(26-22)28(15-18(29)24-19)14-17-8-6-7-16(12-17)13-27-9-4-5-10-27/h6-8,12H,2-5,9-11,13-15H2,1H3,(H,24,29)(H2,23,25,26)/i3D2. The Morgan fingerprint density at radius 2 is 2.00 bits per heavy atom. The van der Waals surface area contributed by atoms with Crippen LogP contribution in [0.25, 0.3) is 0 Å². The third kappa shape index (κ3) is 4.81. The topological polar surface area (TPSA) is 96.6 Å². The summed E-state index contributed by atoms with van der Waals surface area (Å²) in [6.07, 6.45) is 1.33. The minimum absolute atomic E-state index is 0.00232. The smallest absolute Gasteiger partial charge is 0.320 e. The largest absolute Gasteiger partial charge is 0.463 e. The Hall–Kier alpha value is -2.87. The van der Waals surface area contributed by atoms with E-state index in [1.54, 1.807) is 6.92 Å². The first-order chi connectivity index (χ1) is 15.3. The van der Waals surface area contributed by atoms with Gasteiger partial charge in [0, 0.05) is 15.8 Å². The molecule has 160 valence electrons. The SMILES string of the molecule is [2H]C([2H])(CC)COc1nc(N)c2c(n1)N(Cc1cccc(CN3CCCC3)c1)CC(=O)N2. The predicted octanol–water partition coefficient (Wildman–Crippen LogP) is 2.79. The number of nitrogens with zero attached hydrogens (tertiary/aromatic N) is 4. The monoisotopic (exact) mass is 412 g/mol. The van der Waals surface area contributed by atoms with Gasteiger partial charge >= 0.3 is 6.01 Å². The van der Waals surface area contributed by atoms with Crippen molar-refractivity contribution in [1.82, 2.24) is 14.9 Å². The van der Waals surface area contributed by atoms with Crippen molar-refractivity contribution in [2.75, 3.05) is 42.2 Å². The van der Waals surface area contributed by atoms with Crippen LogP contribution in [0.15, 0.2) is 24.3 Å². The molecule has 3 N–H and O–H groups in total. The molecule has 0 saturated carbocycles. The van der Waals surface area contributed by atoms with Crippen LogP contribution in [0.4, 0.5) is 17.3 Å². The molecule has 1 aromatic carbocycles. The molecule has 0 radical (unpaired) electrons. The molecule has 1 saturated heterocycles. The molecule has 4 rings (SSSR count). The number of aromatic nitrogens is 2. The van der Waals surface area contributed by atoms with E-state index in [0.29, 0.717) is 24.5 Å². The maximum atomic E-state index is 12.3. The molecule has 0 atom stereocenters. The summed E-state index contributed by atoms with van der Waals surface area (Å²) in [5.74, 6) is 0.397. The van der Waals surface area contributed by atoms with Crippen LogP contribution in [0.5, 0.6) is 6.01 Å². The van der Waals surface area contributed by atoms with E-state index in [9.17, 15) is 4.79 Å². The summed E-state index contributed by atoms with van der Waals surface area (Å²) in [5.41, 5.74) is 8.76. The first kappa shape index (κ1) is 17.9. The van der Waals surface area contributed by atoms with Crippen molar-refractivity contribution in [1.29, 1.82) is 0 Å². The van der Waals surface area contributed by atoms with E-state index in [0.717, 1.165) is 25.2 Å². The van der Waals surface area contributed by atoms with Crippen LogP contribution in [0.1, 0.15) is 46.4 Å². The number of rotatable bonds is 8. The van der Waals surface area contributed by atoms with Crippen LogP contribution in [0, 0.1) is 0 Å². The normalized spacial score (nSPS) is 17.9. The summed E-state index contributed by atoms with van der Waals surface area (Å²) >= 11 is 0. The van der Waals surface area contributed by atoms with E-state index in [1.807, 2.05) is 17.0 Å². The van der Waals surface area contributed by atoms with Crippen molar-refractivity contribution in [3.63, 3.8) is 0 Å². The zero-order valence-corrected chi connectivity index (χ0v) is 17.4. The third-order valence-corrected chi connectivity index (χ3v) is 5.32. The van der Waals surface area contributed by atoms with E-state index < -0.39 is 6.37 Å². The summed E-state index contributed by atoms with van der Waals surface area (Å²) in [4.78, 5) is 25.2. The number of nitrogens with two attached hydrogens (primary N) is 1. The number of hydrogen-bond donors (Lipinski definition) is 2. The molecule has 1 aromatic heterocycles. The zero-order chi connectivity index (χ0) is 22.7. The van der Waals surface area contributed by atoms with E-state index in [-0.39, 0.29) is 30.9 Å². The maximum absolute atomic E-state index is 12.3. The molecule has 0 bridgehead atoms. The fraction of sp³-hybridized carbons (Fsp3) is 0.500. The average molecular weight is 413 g/mol. The van der Waals surface area contributed by atoms with E-state index in [1.165, 1.54) is 18.4 Å². The second-order valence-electron chi connectivity index (χ2n) is 7.69. The fourth-order valence-electron chi connectivity index (χ4n) is 3.88. The van der Waals surface area contributed by atoms with Gasteiger partial charge in [-0.2, -0.15) is 9.97 Å². The first-order valence-corrected chi connectivity index (χ1v) is 10.5.